The summed E-state index contributed by atoms with van der Waals surface area (Å²) >= 11 is 0. The molecule has 3 amide bonds. The zero-order valence-electron chi connectivity index (χ0n) is 15.5. The summed E-state index contributed by atoms with van der Waals surface area (Å²) in [7, 11) is 1.54. The van der Waals surface area contributed by atoms with Gasteiger partial charge in [0.25, 0.3) is 0 Å². The summed E-state index contributed by atoms with van der Waals surface area (Å²) in [6, 6.07) is 14.9. The van der Waals surface area contributed by atoms with Crippen molar-refractivity contribution in [3.05, 3.63) is 60.2 Å². The molecule has 0 aliphatic heterocycles. The molecule has 0 spiro atoms. The third kappa shape index (κ3) is 6.99. The van der Waals surface area contributed by atoms with Crippen LogP contribution in [0.5, 0.6) is 5.75 Å². The van der Waals surface area contributed by atoms with E-state index in [1.807, 2.05) is 30.3 Å². The first kappa shape index (κ1) is 20.8. The molecule has 28 heavy (non-hydrogen) atoms. The minimum atomic E-state index is -0.974. The van der Waals surface area contributed by atoms with E-state index in [9.17, 15) is 14.4 Å². The van der Waals surface area contributed by atoms with Gasteiger partial charge in [0.1, 0.15) is 18.4 Å². The lowest BCUT2D eigenvalue weighted by Crippen LogP contribution is -2.44. The zero-order valence-corrected chi connectivity index (χ0v) is 15.5. The number of carbonyl (C=O) groups is 3. The third-order valence-corrected chi connectivity index (χ3v) is 3.86. The highest BCUT2D eigenvalue weighted by atomic mass is 16.5. The topological polar surface area (TPSA) is 120 Å². The van der Waals surface area contributed by atoms with E-state index in [4.69, 9.17) is 15.2 Å². The van der Waals surface area contributed by atoms with Gasteiger partial charge < -0.3 is 25.8 Å². The lowest BCUT2D eigenvalue weighted by atomic mass is 10.1. The van der Waals surface area contributed by atoms with Gasteiger partial charge >= 0.3 is 6.09 Å². The first-order chi connectivity index (χ1) is 13.5. The molecule has 4 N–H and O–H groups in total. The van der Waals surface area contributed by atoms with Gasteiger partial charge in [-0.1, -0.05) is 30.3 Å². The van der Waals surface area contributed by atoms with Gasteiger partial charge in [0.15, 0.2) is 0 Å². The molecule has 148 valence electrons. The Bertz CT molecular complexity index is 793. The molecular weight excluding hydrogens is 362 g/mol. The number of nitrogens with two attached hydrogens (primary N) is 1. The number of primary amides is 1. The highest BCUT2D eigenvalue weighted by Gasteiger charge is 2.22. The molecule has 0 heterocycles. The monoisotopic (exact) mass is 385 g/mol. The quantitative estimate of drug-likeness (QED) is 0.611. The Morgan fingerprint density at radius 2 is 1.71 bits per heavy atom. The number of rotatable bonds is 9. The van der Waals surface area contributed by atoms with Gasteiger partial charge in [0, 0.05) is 12.1 Å². The van der Waals surface area contributed by atoms with Crippen molar-refractivity contribution < 1.29 is 23.9 Å². The number of nitrogens with one attached hydrogen (secondary N) is 2. The molecule has 0 bridgehead atoms. The van der Waals surface area contributed by atoms with Crippen LogP contribution < -0.4 is 21.1 Å². The van der Waals surface area contributed by atoms with Crippen LogP contribution in [0, 0.1) is 0 Å². The number of amides is 3. The minimum absolute atomic E-state index is 0.0533. The number of benzene rings is 2. The highest BCUT2D eigenvalue weighted by molar-refractivity contribution is 5.96. The van der Waals surface area contributed by atoms with Gasteiger partial charge in [-0.25, -0.2) is 4.79 Å². The number of hydrogen-bond acceptors (Lipinski definition) is 5. The largest absolute Gasteiger partial charge is 0.497 e. The Morgan fingerprint density at radius 3 is 2.32 bits per heavy atom. The van der Waals surface area contributed by atoms with Crippen LogP contribution in [0.25, 0.3) is 0 Å². The fraction of sp³-hybridized carbons (Fsp3) is 0.250. The molecule has 2 aromatic rings. The van der Waals surface area contributed by atoms with Gasteiger partial charge in [0.2, 0.25) is 11.8 Å². The fourth-order valence-electron chi connectivity index (χ4n) is 2.37. The van der Waals surface area contributed by atoms with Crippen molar-refractivity contribution in [3.63, 3.8) is 0 Å². The molecule has 8 nitrogen and oxygen atoms in total. The van der Waals surface area contributed by atoms with Gasteiger partial charge in [-0.3, -0.25) is 9.59 Å². The molecule has 2 rings (SSSR count). The molecule has 2 aromatic carbocycles. The number of methoxy groups -OCH3 is 1. The SMILES string of the molecule is COc1ccc(NC(=O)[C@H](CCC(N)=O)NC(=O)OCc2ccccc2)cc1. The van der Waals surface area contributed by atoms with E-state index in [1.54, 1.807) is 31.4 Å². The number of carbonyl (C=O) groups excluding carboxylic acids is 3. The zero-order chi connectivity index (χ0) is 20.4. The Kier molecular flexibility index (Phi) is 7.83. The predicted molar refractivity (Wildman–Crippen MR) is 104 cm³/mol. The predicted octanol–water partition coefficient (Wildman–Crippen LogP) is 2.19. The second-order valence-electron chi connectivity index (χ2n) is 5.98. The van der Waals surface area contributed by atoms with Crippen LogP contribution in [-0.4, -0.2) is 31.1 Å². The number of ether oxygens (including phenoxy) is 2. The van der Waals surface area contributed by atoms with Crippen LogP contribution >= 0.6 is 0 Å². The summed E-state index contributed by atoms with van der Waals surface area (Å²) in [6.07, 6.45) is -0.763. The van der Waals surface area contributed by atoms with Crippen LogP contribution in [0.1, 0.15) is 18.4 Å². The first-order valence-corrected chi connectivity index (χ1v) is 8.68. The van der Waals surface area contributed by atoms with Crippen molar-refractivity contribution in [1.29, 1.82) is 0 Å². The van der Waals surface area contributed by atoms with E-state index in [0.29, 0.717) is 11.4 Å². The molecule has 1 atom stereocenters. The summed E-state index contributed by atoms with van der Waals surface area (Å²) < 4.78 is 10.2. The Labute approximate surface area is 163 Å². The second-order valence-corrected chi connectivity index (χ2v) is 5.98. The summed E-state index contributed by atoms with van der Waals surface area (Å²) in [5.74, 6) is -0.407. The molecule has 0 radical (unpaired) electrons. The average molecular weight is 385 g/mol. The lowest BCUT2D eigenvalue weighted by Gasteiger charge is -2.18. The molecule has 0 saturated carbocycles. The molecule has 0 saturated heterocycles. The van der Waals surface area contributed by atoms with Crippen molar-refractivity contribution in [3.8, 4) is 5.75 Å². The van der Waals surface area contributed by atoms with Crippen molar-refractivity contribution in [2.24, 2.45) is 5.73 Å². The van der Waals surface area contributed by atoms with Crippen LogP contribution in [0.4, 0.5) is 10.5 Å². The molecule has 0 aromatic heterocycles. The van der Waals surface area contributed by atoms with Crippen LogP contribution in [0.2, 0.25) is 0 Å². The van der Waals surface area contributed by atoms with Crippen molar-refractivity contribution in [2.45, 2.75) is 25.5 Å². The van der Waals surface area contributed by atoms with Crippen LogP contribution in [-0.2, 0) is 20.9 Å². The fourth-order valence-corrected chi connectivity index (χ4v) is 2.37. The Morgan fingerprint density at radius 1 is 1.04 bits per heavy atom. The highest BCUT2D eigenvalue weighted by Crippen LogP contribution is 2.15. The van der Waals surface area contributed by atoms with E-state index in [1.165, 1.54) is 0 Å². The smallest absolute Gasteiger partial charge is 0.408 e. The number of hydrogen-bond donors (Lipinski definition) is 3. The Hall–Kier alpha value is -3.55. The Balaban J connectivity index is 1.95. The van der Waals surface area contributed by atoms with Gasteiger partial charge in [0.05, 0.1) is 7.11 Å². The maximum Gasteiger partial charge on any atom is 0.408 e. The van der Waals surface area contributed by atoms with Gasteiger partial charge in [-0.05, 0) is 36.2 Å². The van der Waals surface area contributed by atoms with E-state index in [0.717, 1.165) is 5.56 Å². The van der Waals surface area contributed by atoms with Gasteiger partial charge in [-0.2, -0.15) is 0 Å². The summed E-state index contributed by atoms with van der Waals surface area (Å²) in [5.41, 5.74) is 6.50. The van der Waals surface area contributed by atoms with Crippen molar-refractivity contribution in [1.82, 2.24) is 5.32 Å². The minimum Gasteiger partial charge on any atom is -0.497 e. The van der Waals surface area contributed by atoms with Gasteiger partial charge in [-0.15, -0.1) is 0 Å². The maximum atomic E-state index is 12.5. The molecule has 0 aliphatic carbocycles. The lowest BCUT2D eigenvalue weighted by molar-refractivity contribution is -0.119. The summed E-state index contributed by atoms with van der Waals surface area (Å²) in [5, 5.41) is 5.16. The van der Waals surface area contributed by atoms with Crippen molar-refractivity contribution >= 4 is 23.6 Å². The van der Waals surface area contributed by atoms with E-state index < -0.39 is 23.9 Å². The van der Waals surface area contributed by atoms with E-state index in [-0.39, 0.29) is 19.4 Å². The summed E-state index contributed by atoms with van der Waals surface area (Å²) in [6.45, 7) is 0.0648. The third-order valence-electron chi connectivity index (χ3n) is 3.86. The number of anilines is 1. The molecular formula is C20H23N3O5. The van der Waals surface area contributed by atoms with E-state index in [2.05, 4.69) is 10.6 Å². The summed E-state index contributed by atoms with van der Waals surface area (Å²) in [4.78, 5) is 35.7. The van der Waals surface area contributed by atoms with Crippen LogP contribution in [0.3, 0.4) is 0 Å². The van der Waals surface area contributed by atoms with Crippen LogP contribution in [0.15, 0.2) is 54.6 Å². The molecule has 0 unspecified atom stereocenters. The molecule has 8 heteroatoms. The average Bonchev–Trinajstić information content (AvgIpc) is 2.70. The molecule has 0 aliphatic rings. The number of alkyl carbamates (subject to hydrolysis) is 1. The second kappa shape index (κ2) is 10.6. The first-order valence-electron chi connectivity index (χ1n) is 8.68. The van der Waals surface area contributed by atoms with E-state index >= 15 is 0 Å². The van der Waals surface area contributed by atoms with Crippen molar-refractivity contribution in [2.75, 3.05) is 12.4 Å². The molecule has 0 fully saturated rings. The maximum absolute atomic E-state index is 12.5. The standard InChI is InChI=1S/C20H23N3O5/c1-27-16-9-7-15(8-10-16)22-19(25)17(11-12-18(21)24)23-20(26)28-13-14-5-3-2-4-6-14/h2-10,17H,11-13H2,1H3,(H2,21,24)(H,22,25)(H,23,26)/t17-/m0/s1. The normalized spacial score (nSPS) is 11.2.